The molecule has 4 aromatic rings. The zero-order chi connectivity index (χ0) is 21.8. The molecule has 0 unspecified atom stereocenters. The van der Waals surface area contributed by atoms with Gasteiger partial charge in [0.05, 0.1) is 5.69 Å². The number of aromatic amines is 1. The average Bonchev–Trinajstić information content (AvgIpc) is 2.80. The van der Waals surface area contributed by atoms with Gasteiger partial charge < -0.3 is 11.1 Å². The molecule has 0 saturated heterocycles. The first-order chi connectivity index (χ1) is 15.0. The Morgan fingerprint density at radius 3 is 1.97 bits per heavy atom. The van der Waals surface area contributed by atoms with Gasteiger partial charge in [-0.3, -0.25) is 14.4 Å². The first-order valence-corrected chi connectivity index (χ1v) is 9.49. The van der Waals surface area contributed by atoms with Crippen LogP contribution in [-0.2, 0) is 0 Å². The van der Waals surface area contributed by atoms with Crippen LogP contribution in [-0.4, -0.2) is 22.0 Å². The fourth-order valence-electron chi connectivity index (χ4n) is 3.27. The van der Waals surface area contributed by atoms with Crippen molar-refractivity contribution in [2.45, 2.75) is 0 Å². The van der Waals surface area contributed by atoms with Gasteiger partial charge in [-0.2, -0.15) is 5.10 Å². The van der Waals surface area contributed by atoms with Gasteiger partial charge in [-0.15, -0.1) is 0 Å². The van der Waals surface area contributed by atoms with E-state index in [4.69, 9.17) is 5.73 Å². The Kier molecular flexibility index (Phi) is 5.40. The van der Waals surface area contributed by atoms with Crippen molar-refractivity contribution in [3.8, 4) is 22.4 Å². The number of carbonyl (C=O) groups excluding carboxylic acids is 2. The second-order valence-corrected chi connectivity index (χ2v) is 6.78. The van der Waals surface area contributed by atoms with Crippen molar-refractivity contribution in [2.24, 2.45) is 5.73 Å². The van der Waals surface area contributed by atoms with Gasteiger partial charge in [0.15, 0.2) is 0 Å². The molecule has 152 valence electrons. The Morgan fingerprint density at radius 2 is 1.39 bits per heavy atom. The van der Waals surface area contributed by atoms with Crippen LogP contribution in [0.4, 0.5) is 5.69 Å². The number of nitrogens with two attached hydrogens (primary N) is 1. The van der Waals surface area contributed by atoms with Crippen molar-refractivity contribution >= 4 is 17.5 Å². The molecule has 0 radical (unpaired) electrons. The van der Waals surface area contributed by atoms with E-state index in [1.807, 2.05) is 60.7 Å². The molecular formula is C24H18N4O3. The van der Waals surface area contributed by atoms with Crippen molar-refractivity contribution in [3.05, 3.63) is 106 Å². The zero-order valence-electron chi connectivity index (χ0n) is 16.3. The highest BCUT2D eigenvalue weighted by atomic mass is 16.2. The number of hydrogen-bond donors (Lipinski definition) is 3. The Morgan fingerprint density at radius 1 is 0.806 bits per heavy atom. The summed E-state index contributed by atoms with van der Waals surface area (Å²) in [6.07, 6.45) is 0. The number of hydrogen-bond acceptors (Lipinski definition) is 4. The van der Waals surface area contributed by atoms with Crippen LogP contribution in [0.5, 0.6) is 0 Å². The van der Waals surface area contributed by atoms with Crippen LogP contribution in [0.1, 0.15) is 20.7 Å². The van der Waals surface area contributed by atoms with Gasteiger partial charge in [0.25, 0.3) is 11.5 Å². The molecule has 0 aliphatic heterocycles. The molecule has 3 aromatic carbocycles. The molecule has 2 amide bonds. The van der Waals surface area contributed by atoms with E-state index in [-0.39, 0.29) is 5.56 Å². The molecule has 7 heteroatoms. The topological polar surface area (TPSA) is 118 Å². The molecule has 0 aliphatic carbocycles. The summed E-state index contributed by atoms with van der Waals surface area (Å²) in [7, 11) is 0. The third-order valence-corrected chi connectivity index (χ3v) is 4.75. The van der Waals surface area contributed by atoms with E-state index in [0.29, 0.717) is 28.1 Å². The summed E-state index contributed by atoms with van der Waals surface area (Å²) in [5, 5.41) is 9.39. The smallest absolute Gasteiger partial charge is 0.277 e. The Bertz CT molecular complexity index is 1300. The molecule has 0 saturated carbocycles. The Balaban J connectivity index is 1.84. The van der Waals surface area contributed by atoms with Crippen molar-refractivity contribution in [1.82, 2.24) is 10.2 Å². The maximum Gasteiger partial charge on any atom is 0.277 e. The lowest BCUT2D eigenvalue weighted by atomic mass is 9.95. The molecular weight excluding hydrogens is 392 g/mol. The minimum Gasteiger partial charge on any atom is -0.366 e. The standard InChI is InChI=1S/C24H18N4O3/c25-22(29)17-11-13-18(14-12-17)26-23(30)20-19(15-7-3-1-4-8-15)21(27-28-24(20)31)16-9-5-2-6-10-16/h1-14H,(H2,25,29)(H,26,30)(H,28,31). The van der Waals surface area contributed by atoms with Crippen LogP contribution < -0.4 is 16.6 Å². The number of nitrogens with zero attached hydrogens (tertiary/aromatic N) is 1. The van der Waals surface area contributed by atoms with Gasteiger partial charge in [-0.25, -0.2) is 5.10 Å². The molecule has 0 bridgehead atoms. The summed E-state index contributed by atoms with van der Waals surface area (Å²) >= 11 is 0. The monoisotopic (exact) mass is 410 g/mol. The first kappa shape index (κ1) is 19.8. The zero-order valence-corrected chi connectivity index (χ0v) is 16.3. The first-order valence-electron chi connectivity index (χ1n) is 9.49. The number of benzene rings is 3. The molecule has 0 atom stereocenters. The maximum atomic E-state index is 13.2. The highest BCUT2D eigenvalue weighted by molar-refractivity contribution is 6.10. The quantitative estimate of drug-likeness (QED) is 0.467. The van der Waals surface area contributed by atoms with Crippen LogP contribution in [0.15, 0.2) is 89.7 Å². The summed E-state index contributed by atoms with van der Waals surface area (Å²) in [6.45, 7) is 0. The third kappa shape index (κ3) is 4.11. The van der Waals surface area contributed by atoms with Gasteiger partial charge in [-0.05, 0) is 29.8 Å². The van der Waals surface area contributed by atoms with E-state index in [1.54, 1.807) is 12.1 Å². The van der Waals surface area contributed by atoms with E-state index in [1.165, 1.54) is 12.1 Å². The minimum absolute atomic E-state index is 0.0565. The summed E-state index contributed by atoms with van der Waals surface area (Å²) in [5.74, 6) is -1.16. The average molecular weight is 410 g/mol. The van der Waals surface area contributed by atoms with Gasteiger partial charge in [0, 0.05) is 22.4 Å². The van der Waals surface area contributed by atoms with E-state index >= 15 is 0 Å². The minimum atomic E-state index is -0.607. The highest BCUT2D eigenvalue weighted by Gasteiger charge is 2.23. The van der Waals surface area contributed by atoms with Crippen LogP contribution in [0, 0.1) is 0 Å². The van der Waals surface area contributed by atoms with E-state index in [0.717, 1.165) is 5.56 Å². The van der Waals surface area contributed by atoms with E-state index in [9.17, 15) is 14.4 Å². The number of rotatable bonds is 5. The van der Waals surface area contributed by atoms with E-state index < -0.39 is 17.4 Å². The largest absolute Gasteiger partial charge is 0.366 e. The number of aromatic nitrogens is 2. The predicted octanol–water partition coefficient (Wildman–Crippen LogP) is 3.46. The predicted molar refractivity (Wildman–Crippen MR) is 119 cm³/mol. The maximum absolute atomic E-state index is 13.2. The van der Waals surface area contributed by atoms with Gasteiger partial charge in [0.2, 0.25) is 5.91 Å². The third-order valence-electron chi connectivity index (χ3n) is 4.75. The summed E-state index contributed by atoms with van der Waals surface area (Å²) in [4.78, 5) is 37.2. The summed E-state index contributed by atoms with van der Waals surface area (Å²) in [6, 6.07) is 24.6. The SMILES string of the molecule is NC(=O)c1ccc(NC(=O)c2c(-c3ccccc3)c(-c3ccccc3)n[nH]c2=O)cc1. The molecule has 7 nitrogen and oxygen atoms in total. The van der Waals surface area contributed by atoms with Crippen LogP contribution in [0.2, 0.25) is 0 Å². The lowest BCUT2D eigenvalue weighted by Gasteiger charge is -2.14. The lowest BCUT2D eigenvalue weighted by molar-refractivity contribution is 0.0998. The van der Waals surface area contributed by atoms with Crippen molar-refractivity contribution < 1.29 is 9.59 Å². The molecule has 0 fully saturated rings. The molecule has 31 heavy (non-hydrogen) atoms. The summed E-state index contributed by atoms with van der Waals surface area (Å²) in [5.41, 5.74) is 7.70. The number of amides is 2. The number of primary amides is 1. The normalized spacial score (nSPS) is 10.5. The Hall–Kier alpha value is -4.52. The number of carbonyl (C=O) groups is 2. The van der Waals surface area contributed by atoms with Gasteiger partial charge >= 0.3 is 0 Å². The fourth-order valence-corrected chi connectivity index (χ4v) is 3.27. The number of anilines is 1. The van der Waals surface area contributed by atoms with Crippen LogP contribution >= 0.6 is 0 Å². The second-order valence-electron chi connectivity index (χ2n) is 6.78. The second kappa shape index (κ2) is 8.46. The van der Waals surface area contributed by atoms with E-state index in [2.05, 4.69) is 15.5 Å². The molecule has 0 spiro atoms. The van der Waals surface area contributed by atoms with Crippen LogP contribution in [0.25, 0.3) is 22.4 Å². The number of nitrogens with one attached hydrogen (secondary N) is 2. The van der Waals surface area contributed by atoms with Crippen molar-refractivity contribution in [3.63, 3.8) is 0 Å². The molecule has 1 aromatic heterocycles. The fraction of sp³-hybridized carbons (Fsp3) is 0. The molecule has 4 rings (SSSR count). The molecule has 0 aliphatic rings. The molecule has 1 heterocycles. The lowest BCUT2D eigenvalue weighted by Crippen LogP contribution is -2.26. The number of H-pyrrole nitrogens is 1. The summed E-state index contributed by atoms with van der Waals surface area (Å²) < 4.78 is 0. The highest BCUT2D eigenvalue weighted by Crippen LogP contribution is 2.31. The van der Waals surface area contributed by atoms with Crippen molar-refractivity contribution in [1.29, 1.82) is 0 Å². The van der Waals surface area contributed by atoms with Gasteiger partial charge in [-0.1, -0.05) is 60.7 Å². The van der Waals surface area contributed by atoms with Gasteiger partial charge in [0.1, 0.15) is 5.56 Å². The molecule has 4 N–H and O–H groups in total. The Labute approximate surface area is 177 Å². The van der Waals surface area contributed by atoms with Crippen LogP contribution in [0.3, 0.4) is 0 Å². The van der Waals surface area contributed by atoms with Crippen molar-refractivity contribution in [2.75, 3.05) is 5.32 Å².